The predicted molar refractivity (Wildman–Crippen MR) is 60.1 cm³/mol. The molecule has 2 saturated carbocycles. The van der Waals surface area contributed by atoms with Gasteiger partial charge in [-0.15, -0.1) is 0 Å². The Labute approximate surface area is 87.6 Å². The van der Waals surface area contributed by atoms with Gasteiger partial charge >= 0.3 is 0 Å². The summed E-state index contributed by atoms with van der Waals surface area (Å²) < 4.78 is 0. The van der Waals surface area contributed by atoms with Gasteiger partial charge in [0.1, 0.15) is 0 Å². The molecular formula is C12H24N2. The van der Waals surface area contributed by atoms with Crippen LogP contribution in [0.15, 0.2) is 0 Å². The van der Waals surface area contributed by atoms with Gasteiger partial charge in [0.25, 0.3) is 0 Å². The van der Waals surface area contributed by atoms with Crippen molar-refractivity contribution in [3.05, 3.63) is 0 Å². The molecule has 2 heteroatoms. The van der Waals surface area contributed by atoms with Crippen LogP contribution in [0.3, 0.4) is 0 Å². The Morgan fingerprint density at radius 2 is 1.86 bits per heavy atom. The van der Waals surface area contributed by atoms with E-state index in [9.17, 15) is 0 Å². The molecule has 0 bridgehead atoms. The first kappa shape index (κ1) is 10.4. The first-order chi connectivity index (χ1) is 6.81. The summed E-state index contributed by atoms with van der Waals surface area (Å²) in [6, 6.07) is 1.52. The van der Waals surface area contributed by atoms with Crippen LogP contribution in [0, 0.1) is 11.8 Å². The molecule has 4 unspecified atom stereocenters. The smallest absolute Gasteiger partial charge is 0.0110 e. The highest BCUT2D eigenvalue weighted by Gasteiger charge is 2.32. The van der Waals surface area contributed by atoms with E-state index in [1.165, 1.54) is 38.5 Å². The minimum absolute atomic E-state index is 0.724. The van der Waals surface area contributed by atoms with Crippen molar-refractivity contribution in [2.45, 2.75) is 57.5 Å². The molecule has 82 valence electrons. The van der Waals surface area contributed by atoms with Gasteiger partial charge in [-0.1, -0.05) is 19.8 Å². The molecule has 2 nitrogen and oxygen atoms in total. The second-order valence-corrected chi connectivity index (χ2v) is 5.21. The maximum Gasteiger partial charge on any atom is 0.0110 e. The van der Waals surface area contributed by atoms with Crippen LogP contribution in [0.25, 0.3) is 0 Å². The molecule has 2 aliphatic rings. The number of rotatable bonds is 3. The van der Waals surface area contributed by atoms with Crippen LogP contribution < -0.4 is 11.1 Å². The molecule has 0 heterocycles. The molecule has 4 atom stereocenters. The van der Waals surface area contributed by atoms with E-state index >= 15 is 0 Å². The molecule has 2 fully saturated rings. The van der Waals surface area contributed by atoms with E-state index < -0.39 is 0 Å². The Bertz CT molecular complexity index is 181. The zero-order valence-electron chi connectivity index (χ0n) is 9.34. The molecule has 2 rings (SSSR count). The first-order valence-electron chi connectivity index (χ1n) is 6.27. The summed E-state index contributed by atoms with van der Waals surface area (Å²) in [5.74, 6) is 1.65. The molecular weight excluding hydrogens is 172 g/mol. The van der Waals surface area contributed by atoms with Crippen molar-refractivity contribution >= 4 is 0 Å². The average molecular weight is 196 g/mol. The Morgan fingerprint density at radius 3 is 2.43 bits per heavy atom. The van der Waals surface area contributed by atoms with Crippen molar-refractivity contribution < 1.29 is 0 Å². The minimum atomic E-state index is 0.724. The second kappa shape index (κ2) is 4.63. The number of hydrogen-bond donors (Lipinski definition) is 2. The Balaban J connectivity index is 1.81. The Kier molecular flexibility index (Phi) is 3.45. The van der Waals surface area contributed by atoms with Crippen LogP contribution in [0.1, 0.15) is 45.4 Å². The molecule has 0 saturated heterocycles. The van der Waals surface area contributed by atoms with Gasteiger partial charge in [0.2, 0.25) is 0 Å². The summed E-state index contributed by atoms with van der Waals surface area (Å²) in [5.41, 5.74) is 5.82. The Morgan fingerprint density at radius 1 is 1.07 bits per heavy atom. The maximum absolute atomic E-state index is 5.82. The van der Waals surface area contributed by atoms with E-state index in [2.05, 4.69) is 12.2 Å². The van der Waals surface area contributed by atoms with Gasteiger partial charge in [0.05, 0.1) is 0 Å². The van der Waals surface area contributed by atoms with Crippen LogP contribution in [-0.2, 0) is 0 Å². The highest BCUT2D eigenvalue weighted by molar-refractivity contribution is 4.90. The SMILES string of the molecule is CC1CCC1NC1CCCCC1CN. The molecule has 0 aromatic rings. The van der Waals surface area contributed by atoms with E-state index in [1.807, 2.05) is 0 Å². The molecule has 3 N–H and O–H groups in total. The minimum Gasteiger partial charge on any atom is -0.330 e. The van der Waals surface area contributed by atoms with Crippen molar-refractivity contribution in [1.82, 2.24) is 5.32 Å². The molecule has 0 aromatic heterocycles. The van der Waals surface area contributed by atoms with Crippen molar-refractivity contribution in [2.24, 2.45) is 17.6 Å². The summed E-state index contributed by atoms with van der Waals surface area (Å²) in [6.07, 6.45) is 8.28. The number of nitrogens with one attached hydrogen (secondary N) is 1. The fraction of sp³-hybridized carbons (Fsp3) is 1.00. The van der Waals surface area contributed by atoms with E-state index in [1.54, 1.807) is 0 Å². The van der Waals surface area contributed by atoms with Gasteiger partial charge in [-0.2, -0.15) is 0 Å². The normalized spacial score (nSPS) is 43.3. The lowest BCUT2D eigenvalue weighted by molar-refractivity contribution is 0.163. The lowest BCUT2D eigenvalue weighted by Crippen LogP contribution is -2.52. The zero-order chi connectivity index (χ0) is 9.97. The first-order valence-corrected chi connectivity index (χ1v) is 6.27. The van der Waals surface area contributed by atoms with Crippen LogP contribution >= 0.6 is 0 Å². The van der Waals surface area contributed by atoms with Crippen molar-refractivity contribution in [1.29, 1.82) is 0 Å². The van der Waals surface area contributed by atoms with E-state index in [0.717, 1.165) is 30.5 Å². The van der Waals surface area contributed by atoms with Gasteiger partial charge in [0.15, 0.2) is 0 Å². The molecule has 14 heavy (non-hydrogen) atoms. The summed E-state index contributed by atoms with van der Waals surface area (Å²) in [4.78, 5) is 0. The third-order valence-electron chi connectivity index (χ3n) is 4.26. The zero-order valence-corrected chi connectivity index (χ0v) is 9.34. The monoisotopic (exact) mass is 196 g/mol. The van der Waals surface area contributed by atoms with Crippen LogP contribution in [-0.4, -0.2) is 18.6 Å². The van der Waals surface area contributed by atoms with Gasteiger partial charge in [0, 0.05) is 12.1 Å². The summed E-state index contributed by atoms with van der Waals surface area (Å²) in [6.45, 7) is 3.24. The van der Waals surface area contributed by atoms with Crippen LogP contribution in [0.4, 0.5) is 0 Å². The van der Waals surface area contributed by atoms with Crippen LogP contribution in [0.2, 0.25) is 0 Å². The molecule has 2 aliphatic carbocycles. The van der Waals surface area contributed by atoms with Gasteiger partial charge in [-0.3, -0.25) is 0 Å². The lowest BCUT2D eigenvalue weighted by atomic mass is 9.78. The maximum atomic E-state index is 5.82. The summed E-state index contributed by atoms with van der Waals surface area (Å²) >= 11 is 0. The highest BCUT2D eigenvalue weighted by Crippen LogP contribution is 2.30. The molecule has 0 amide bonds. The topological polar surface area (TPSA) is 38.0 Å². The van der Waals surface area contributed by atoms with Gasteiger partial charge in [-0.05, 0) is 44.1 Å². The quantitative estimate of drug-likeness (QED) is 0.723. The van der Waals surface area contributed by atoms with Gasteiger partial charge < -0.3 is 11.1 Å². The number of nitrogens with two attached hydrogens (primary N) is 1. The molecule has 0 radical (unpaired) electrons. The highest BCUT2D eigenvalue weighted by atomic mass is 15.0. The van der Waals surface area contributed by atoms with E-state index in [-0.39, 0.29) is 0 Å². The van der Waals surface area contributed by atoms with Crippen LogP contribution in [0.5, 0.6) is 0 Å². The average Bonchev–Trinajstić information content (AvgIpc) is 2.24. The van der Waals surface area contributed by atoms with Crippen molar-refractivity contribution in [2.75, 3.05) is 6.54 Å². The van der Waals surface area contributed by atoms with Crippen molar-refractivity contribution in [3.63, 3.8) is 0 Å². The molecule has 0 spiro atoms. The molecule has 0 aliphatic heterocycles. The summed E-state index contributed by atoms with van der Waals surface area (Å²) in [7, 11) is 0. The van der Waals surface area contributed by atoms with Crippen molar-refractivity contribution in [3.8, 4) is 0 Å². The summed E-state index contributed by atoms with van der Waals surface area (Å²) in [5, 5.41) is 3.83. The fourth-order valence-electron chi connectivity index (χ4n) is 2.90. The van der Waals surface area contributed by atoms with Gasteiger partial charge in [-0.25, -0.2) is 0 Å². The predicted octanol–water partition coefficient (Wildman–Crippen LogP) is 1.89. The number of hydrogen-bond acceptors (Lipinski definition) is 2. The Hall–Kier alpha value is -0.0800. The fourth-order valence-corrected chi connectivity index (χ4v) is 2.90. The standard InChI is InChI=1S/C12H24N2/c1-9-6-7-11(9)14-12-5-3-2-4-10(12)8-13/h9-12,14H,2-8,13H2,1H3. The second-order valence-electron chi connectivity index (χ2n) is 5.21. The van der Waals surface area contributed by atoms with E-state index in [4.69, 9.17) is 5.73 Å². The largest absolute Gasteiger partial charge is 0.330 e. The third kappa shape index (κ3) is 2.12. The molecule has 0 aromatic carbocycles. The third-order valence-corrected chi connectivity index (χ3v) is 4.26. The lowest BCUT2D eigenvalue weighted by Gasteiger charge is -2.41. The van der Waals surface area contributed by atoms with E-state index in [0.29, 0.717) is 0 Å².